The summed E-state index contributed by atoms with van der Waals surface area (Å²) in [5.41, 5.74) is 4.55. The van der Waals surface area contributed by atoms with E-state index >= 15 is 0 Å². The van der Waals surface area contributed by atoms with Crippen LogP contribution in [-0.4, -0.2) is 34.5 Å². The standard InChI is InChI=1S/C22H31N5O.ClH/c1-5-7-9-10-17-12-18(23-16(17)3)13-20-22(28-4)14-19(24-20)21-15-27(26-25-21)11-8-6-2;/h12-15H,5-11H2,1-4H3,(H,23,24);1H. The first-order valence-corrected chi connectivity index (χ1v) is 10.3. The molecule has 0 fully saturated rings. The Morgan fingerprint density at radius 2 is 1.90 bits per heavy atom. The summed E-state index contributed by atoms with van der Waals surface area (Å²) in [6.07, 6.45) is 11.2. The highest BCUT2D eigenvalue weighted by atomic mass is 35.5. The summed E-state index contributed by atoms with van der Waals surface area (Å²) in [7, 11) is 1.69. The second-order valence-corrected chi connectivity index (χ2v) is 7.36. The molecular formula is C22H32ClN5O. The Balaban J connectivity index is 0.00000300. The topological polar surface area (TPSA) is 68.5 Å². The molecule has 0 saturated carbocycles. The van der Waals surface area contributed by atoms with Gasteiger partial charge in [0, 0.05) is 17.5 Å². The highest BCUT2D eigenvalue weighted by Crippen LogP contribution is 2.15. The average Bonchev–Trinajstić information content (AvgIpc) is 3.39. The highest BCUT2D eigenvalue weighted by molar-refractivity contribution is 5.98. The van der Waals surface area contributed by atoms with Gasteiger partial charge in [0.25, 0.3) is 5.70 Å². The van der Waals surface area contributed by atoms with E-state index in [2.05, 4.69) is 53.2 Å². The van der Waals surface area contributed by atoms with Crippen molar-refractivity contribution in [2.24, 2.45) is 10.3 Å². The Morgan fingerprint density at radius 3 is 2.62 bits per heavy atom. The van der Waals surface area contributed by atoms with E-state index in [1.165, 1.54) is 30.5 Å². The van der Waals surface area contributed by atoms with Crippen LogP contribution in [0.5, 0.6) is 5.75 Å². The number of unbranched alkanes of at least 4 members (excludes halogenated alkanes) is 3. The molecule has 1 aliphatic rings. The zero-order valence-electron chi connectivity index (χ0n) is 17.9. The summed E-state index contributed by atoms with van der Waals surface area (Å²) in [6.45, 7) is 7.45. The van der Waals surface area contributed by atoms with Gasteiger partial charge in [-0.1, -0.05) is 33.1 Å². The van der Waals surface area contributed by atoms with Crippen LogP contribution in [0.3, 0.4) is 0 Å². The molecule has 0 saturated heterocycles. The maximum absolute atomic E-state index is 5.58. The molecule has 0 spiro atoms. The summed E-state index contributed by atoms with van der Waals surface area (Å²) in [5.74, 6) is 0.804. The predicted octanol–water partition coefficient (Wildman–Crippen LogP) is 0.598. The quantitative estimate of drug-likeness (QED) is 0.455. The molecule has 0 atom stereocenters. The third-order valence-corrected chi connectivity index (χ3v) is 5.08. The minimum absolute atomic E-state index is 0. The lowest BCUT2D eigenvalue weighted by Crippen LogP contribution is -3.00. The molecular weight excluding hydrogens is 386 g/mol. The number of aryl methyl sites for hydroxylation is 2. The molecule has 0 amide bonds. The number of H-pyrrole nitrogens is 2. The Labute approximate surface area is 178 Å². The summed E-state index contributed by atoms with van der Waals surface area (Å²) in [6, 6.07) is 4.23. The fourth-order valence-electron chi connectivity index (χ4n) is 3.40. The van der Waals surface area contributed by atoms with Crippen molar-refractivity contribution in [3.05, 3.63) is 39.8 Å². The summed E-state index contributed by atoms with van der Waals surface area (Å²) < 4.78 is 7.47. The minimum atomic E-state index is 0. The van der Waals surface area contributed by atoms with Crippen molar-refractivity contribution in [2.45, 2.75) is 59.3 Å². The Bertz CT molecular complexity index is 984. The number of rotatable bonds is 9. The number of halogens is 1. The number of ether oxygens (including phenoxy) is 1. The molecule has 0 radical (unpaired) electrons. The van der Waals surface area contributed by atoms with Gasteiger partial charge in [-0.3, -0.25) is 0 Å². The van der Waals surface area contributed by atoms with Crippen LogP contribution in [0.1, 0.15) is 62.9 Å². The van der Waals surface area contributed by atoms with Crippen molar-refractivity contribution in [3.63, 3.8) is 0 Å². The maximum atomic E-state index is 5.58. The van der Waals surface area contributed by atoms with Crippen LogP contribution in [0.4, 0.5) is 0 Å². The SMILES string of the molecule is CCCCCc1cc(/C=c2\[nH]c(=C3C=[N+](CCCC)N=N3)cc2OC)[nH]c1C.[Cl-]. The molecule has 0 aromatic carbocycles. The van der Waals surface area contributed by atoms with E-state index in [9.17, 15) is 0 Å². The molecule has 6 nitrogen and oxygen atoms in total. The van der Waals surface area contributed by atoms with Crippen LogP contribution in [0.15, 0.2) is 22.5 Å². The van der Waals surface area contributed by atoms with Crippen molar-refractivity contribution in [1.29, 1.82) is 0 Å². The molecule has 2 N–H and O–H groups in total. The highest BCUT2D eigenvalue weighted by Gasteiger charge is 2.16. The number of nitrogens with one attached hydrogen (secondary N) is 2. The average molecular weight is 418 g/mol. The second-order valence-electron chi connectivity index (χ2n) is 7.36. The third-order valence-electron chi connectivity index (χ3n) is 5.08. The summed E-state index contributed by atoms with van der Waals surface area (Å²) in [4.78, 5) is 6.92. The van der Waals surface area contributed by atoms with Gasteiger partial charge in [0.05, 0.1) is 17.6 Å². The predicted molar refractivity (Wildman–Crippen MR) is 113 cm³/mol. The molecule has 0 unspecified atom stereocenters. The number of aromatic amines is 2. The smallest absolute Gasteiger partial charge is 0.267 e. The first kappa shape index (κ1) is 22.9. The van der Waals surface area contributed by atoms with Crippen LogP contribution in [0, 0.1) is 6.92 Å². The van der Waals surface area contributed by atoms with Crippen molar-refractivity contribution < 1.29 is 21.8 Å². The van der Waals surface area contributed by atoms with E-state index in [0.29, 0.717) is 0 Å². The normalized spacial score (nSPS) is 15.6. The monoisotopic (exact) mass is 417 g/mol. The number of hydrogen-bond acceptors (Lipinski definition) is 3. The molecule has 3 rings (SSSR count). The van der Waals surface area contributed by atoms with Crippen LogP contribution in [-0.2, 0) is 6.42 Å². The van der Waals surface area contributed by atoms with Crippen molar-refractivity contribution in [2.75, 3.05) is 13.7 Å². The molecule has 29 heavy (non-hydrogen) atoms. The van der Waals surface area contributed by atoms with E-state index in [1.807, 2.05) is 17.0 Å². The zero-order valence-corrected chi connectivity index (χ0v) is 18.6. The van der Waals surface area contributed by atoms with Gasteiger partial charge in [0.1, 0.15) is 22.9 Å². The first-order chi connectivity index (χ1) is 13.6. The second kappa shape index (κ2) is 11.0. The van der Waals surface area contributed by atoms with Crippen molar-refractivity contribution in [3.8, 4) is 5.75 Å². The molecule has 0 aliphatic carbocycles. The number of nitrogens with zero attached hydrogens (tertiary/aromatic N) is 3. The molecule has 1 aliphatic heterocycles. The van der Waals surface area contributed by atoms with Crippen molar-refractivity contribution >= 4 is 18.0 Å². The van der Waals surface area contributed by atoms with Gasteiger partial charge >= 0.3 is 0 Å². The third kappa shape index (κ3) is 5.82. The van der Waals surface area contributed by atoms with Gasteiger partial charge < -0.3 is 27.1 Å². The fraction of sp³-hybridized carbons (Fsp3) is 0.500. The molecule has 158 valence electrons. The van der Waals surface area contributed by atoms with Gasteiger partial charge in [-0.2, -0.15) is 0 Å². The number of methoxy groups -OCH3 is 1. The molecule has 0 bridgehead atoms. The van der Waals surface area contributed by atoms with Gasteiger partial charge in [-0.15, -0.1) is 4.68 Å². The van der Waals surface area contributed by atoms with Crippen LogP contribution < -0.4 is 27.8 Å². The lowest BCUT2D eigenvalue weighted by molar-refractivity contribution is -0.532. The Morgan fingerprint density at radius 1 is 1.10 bits per heavy atom. The summed E-state index contributed by atoms with van der Waals surface area (Å²) >= 11 is 0. The lowest BCUT2D eigenvalue weighted by atomic mass is 10.1. The van der Waals surface area contributed by atoms with Crippen LogP contribution in [0.2, 0.25) is 0 Å². The van der Waals surface area contributed by atoms with E-state index in [4.69, 9.17) is 4.74 Å². The van der Waals surface area contributed by atoms with E-state index in [1.54, 1.807) is 7.11 Å². The summed E-state index contributed by atoms with van der Waals surface area (Å²) in [5, 5.41) is 10.4. The van der Waals surface area contributed by atoms with Crippen LogP contribution >= 0.6 is 0 Å². The lowest BCUT2D eigenvalue weighted by Gasteiger charge is -1.97. The molecule has 2 aromatic rings. The van der Waals surface area contributed by atoms with Gasteiger partial charge in [-0.25, -0.2) is 0 Å². The minimum Gasteiger partial charge on any atom is -1.00 e. The van der Waals surface area contributed by atoms with Gasteiger partial charge in [0.15, 0.2) is 6.21 Å². The molecule has 3 heterocycles. The molecule has 7 heteroatoms. The fourth-order valence-corrected chi connectivity index (χ4v) is 3.40. The zero-order chi connectivity index (χ0) is 19.9. The van der Waals surface area contributed by atoms with E-state index in [0.717, 1.165) is 53.6 Å². The van der Waals surface area contributed by atoms with E-state index < -0.39 is 0 Å². The van der Waals surface area contributed by atoms with Gasteiger partial charge in [-0.05, 0) is 43.9 Å². The number of hydrogen-bond donors (Lipinski definition) is 2. The maximum Gasteiger partial charge on any atom is 0.267 e. The van der Waals surface area contributed by atoms with Gasteiger partial charge in [0.2, 0.25) is 0 Å². The Hall–Kier alpha value is -2.34. The first-order valence-electron chi connectivity index (χ1n) is 10.3. The largest absolute Gasteiger partial charge is 1.00 e. The molecule has 2 aromatic heterocycles. The number of aromatic nitrogens is 2. The Kier molecular flexibility index (Phi) is 8.70. The van der Waals surface area contributed by atoms with E-state index in [-0.39, 0.29) is 12.4 Å². The van der Waals surface area contributed by atoms with Crippen LogP contribution in [0.25, 0.3) is 11.8 Å². The van der Waals surface area contributed by atoms with Crippen molar-refractivity contribution in [1.82, 2.24) is 9.97 Å².